The molecule has 4 rings (SSSR count). The van der Waals surface area contributed by atoms with E-state index in [0.717, 1.165) is 48.8 Å². The molecule has 1 aromatic heterocycles. The van der Waals surface area contributed by atoms with Gasteiger partial charge in [0.1, 0.15) is 5.82 Å². The molecule has 1 atom stereocenters. The second-order valence-corrected chi connectivity index (χ2v) is 7.75. The molecule has 1 heterocycles. The Bertz CT molecular complexity index is 1090. The van der Waals surface area contributed by atoms with Crippen LogP contribution in [-0.2, 0) is 22.4 Å². The van der Waals surface area contributed by atoms with Crippen LogP contribution in [0.15, 0.2) is 48.7 Å². The van der Waals surface area contributed by atoms with Crippen LogP contribution in [-0.4, -0.2) is 36.1 Å². The van der Waals surface area contributed by atoms with Gasteiger partial charge in [0.25, 0.3) is 0 Å². The molecule has 0 spiro atoms. The highest BCUT2D eigenvalue weighted by atomic mass is 19.1. The summed E-state index contributed by atoms with van der Waals surface area (Å²) in [5, 5.41) is 1.10. The summed E-state index contributed by atoms with van der Waals surface area (Å²) >= 11 is 0. The first kappa shape index (κ1) is 20.4. The fourth-order valence-corrected chi connectivity index (χ4v) is 4.49. The van der Waals surface area contributed by atoms with Gasteiger partial charge in [-0.05, 0) is 72.3 Å². The second-order valence-electron chi connectivity index (χ2n) is 7.75. The molecule has 0 bridgehead atoms. The van der Waals surface area contributed by atoms with Crippen LogP contribution in [0, 0.1) is 5.82 Å². The van der Waals surface area contributed by atoms with Gasteiger partial charge in [-0.25, -0.2) is 9.18 Å². The van der Waals surface area contributed by atoms with Crippen LogP contribution in [0.25, 0.3) is 17.0 Å². The van der Waals surface area contributed by atoms with Gasteiger partial charge in [-0.3, -0.25) is 4.90 Å². The maximum absolute atomic E-state index is 13.4. The minimum absolute atomic E-state index is 0.213. The summed E-state index contributed by atoms with van der Waals surface area (Å²) in [7, 11) is 1.38. The third kappa shape index (κ3) is 4.17. The van der Waals surface area contributed by atoms with Gasteiger partial charge in [0, 0.05) is 35.8 Å². The number of hydrogen-bond acceptors (Lipinski definition) is 3. The van der Waals surface area contributed by atoms with Gasteiger partial charge in [0.15, 0.2) is 0 Å². The first-order chi connectivity index (χ1) is 14.6. The van der Waals surface area contributed by atoms with Crippen molar-refractivity contribution in [3.63, 3.8) is 0 Å². The van der Waals surface area contributed by atoms with Crippen molar-refractivity contribution in [2.45, 2.75) is 32.2 Å². The molecule has 0 saturated carbocycles. The number of aromatic nitrogens is 1. The summed E-state index contributed by atoms with van der Waals surface area (Å²) in [6.45, 7) is 4.13. The molecular formula is C25H27FN2O2. The maximum Gasteiger partial charge on any atom is 0.330 e. The Balaban J connectivity index is 1.47. The van der Waals surface area contributed by atoms with Gasteiger partial charge < -0.3 is 9.72 Å². The Hall–Kier alpha value is -2.92. The Labute approximate surface area is 176 Å². The molecule has 0 radical (unpaired) electrons. The second kappa shape index (κ2) is 8.84. The monoisotopic (exact) mass is 406 g/mol. The van der Waals surface area contributed by atoms with E-state index < -0.39 is 0 Å². The summed E-state index contributed by atoms with van der Waals surface area (Å²) < 4.78 is 18.1. The van der Waals surface area contributed by atoms with E-state index in [0.29, 0.717) is 6.04 Å². The third-order valence-corrected chi connectivity index (χ3v) is 6.07. The van der Waals surface area contributed by atoms with E-state index in [2.05, 4.69) is 39.7 Å². The van der Waals surface area contributed by atoms with Crippen molar-refractivity contribution in [1.82, 2.24) is 9.88 Å². The number of carbonyl (C=O) groups excluding carboxylic acids is 1. The fraction of sp³-hybridized carbons (Fsp3) is 0.320. The third-order valence-electron chi connectivity index (χ3n) is 6.07. The van der Waals surface area contributed by atoms with Crippen LogP contribution < -0.4 is 0 Å². The van der Waals surface area contributed by atoms with Gasteiger partial charge >= 0.3 is 5.97 Å². The van der Waals surface area contributed by atoms with Crippen molar-refractivity contribution in [2.75, 3.05) is 20.2 Å². The number of methoxy groups -OCH3 is 1. The molecule has 0 aliphatic heterocycles. The number of halogens is 1. The largest absolute Gasteiger partial charge is 0.466 e. The Kier molecular flexibility index (Phi) is 6.00. The molecule has 0 saturated heterocycles. The van der Waals surface area contributed by atoms with Gasteiger partial charge in [-0.15, -0.1) is 0 Å². The van der Waals surface area contributed by atoms with Crippen LogP contribution in [0.1, 0.15) is 41.6 Å². The number of benzene rings is 2. The normalized spacial score (nSPS) is 15.9. The van der Waals surface area contributed by atoms with Crippen molar-refractivity contribution < 1.29 is 13.9 Å². The SMILES string of the molecule is CCN(CCc1c[nH]c2cc(F)ccc12)C1CCc2cc(C=CC(=O)OC)ccc21. The van der Waals surface area contributed by atoms with Crippen LogP contribution in [0.2, 0.25) is 0 Å². The number of carbonyl (C=O) groups is 1. The highest BCUT2D eigenvalue weighted by Gasteiger charge is 2.27. The Morgan fingerprint density at radius 2 is 2.17 bits per heavy atom. The zero-order valence-electron chi connectivity index (χ0n) is 17.5. The number of H-pyrrole nitrogens is 1. The predicted molar refractivity (Wildman–Crippen MR) is 118 cm³/mol. The van der Waals surface area contributed by atoms with E-state index in [1.165, 1.54) is 35.9 Å². The van der Waals surface area contributed by atoms with E-state index in [4.69, 9.17) is 0 Å². The fourth-order valence-electron chi connectivity index (χ4n) is 4.49. The molecule has 4 nitrogen and oxygen atoms in total. The molecule has 2 aromatic carbocycles. The van der Waals surface area contributed by atoms with E-state index in [9.17, 15) is 9.18 Å². The number of rotatable bonds is 7. The number of hydrogen-bond donors (Lipinski definition) is 1. The van der Waals surface area contributed by atoms with Gasteiger partial charge in [0.05, 0.1) is 7.11 Å². The lowest BCUT2D eigenvalue weighted by molar-refractivity contribution is -0.134. The zero-order valence-corrected chi connectivity index (χ0v) is 17.5. The number of aromatic amines is 1. The maximum atomic E-state index is 13.4. The number of ether oxygens (including phenoxy) is 1. The lowest BCUT2D eigenvalue weighted by atomic mass is 10.0. The number of fused-ring (bicyclic) bond motifs is 2. The first-order valence-corrected chi connectivity index (χ1v) is 10.5. The van der Waals surface area contributed by atoms with Crippen molar-refractivity contribution >= 4 is 22.9 Å². The quantitative estimate of drug-likeness (QED) is 0.441. The van der Waals surface area contributed by atoms with Gasteiger partial charge in [-0.2, -0.15) is 0 Å². The minimum atomic E-state index is -0.342. The number of nitrogens with zero attached hydrogens (tertiary/aromatic N) is 1. The Morgan fingerprint density at radius 1 is 1.30 bits per heavy atom. The number of likely N-dealkylation sites (N-methyl/N-ethyl adjacent to an activating group) is 1. The molecule has 5 heteroatoms. The lowest BCUT2D eigenvalue weighted by Gasteiger charge is -2.28. The molecule has 1 unspecified atom stereocenters. The molecule has 30 heavy (non-hydrogen) atoms. The first-order valence-electron chi connectivity index (χ1n) is 10.5. The molecule has 1 N–H and O–H groups in total. The van der Waals surface area contributed by atoms with Crippen LogP contribution in [0.3, 0.4) is 0 Å². The van der Waals surface area contributed by atoms with Crippen molar-refractivity contribution in [3.8, 4) is 0 Å². The molecule has 0 amide bonds. The summed E-state index contributed by atoms with van der Waals surface area (Å²) in [5.74, 6) is -0.556. The van der Waals surface area contributed by atoms with E-state index in [1.54, 1.807) is 12.1 Å². The minimum Gasteiger partial charge on any atom is -0.466 e. The number of aryl methyl sites for hydroxylation is 1. The van der Waals surface area contributed by atoms with Gasteiger partial charge in [0.2, 0.25) is 0 Å². The summed E-state index contributed by atoms with van der Waals surface area (Å²) in [6.07, 6.45) is 8.33. The summed E-state index contributed by atoms with van der Waals surface area (Å²) in [6, 6.07) is 11.8. The Morgan fingerprint density at radius 3 is 2.97 bits per heavy atom. The molecule has 1 aliphatic carbocycles. The highest BCUT2D eigenvalue weighted by Crippen LogP contribution is 2.36. The lowest BCUT2D eigenvalue weighted by Crippen LogP contribution is -2.29. The average Bonchev–Trinajstić information content (AvgIpc) is 3.36. The van der Waals surface area contributed by atoms with E-state index in [1.807, 2.05) is 12.3 Å². The summed E-state index contributed by atoms with van der Waals surface area (Å²) in [5.41, 5.74) is 5.84. The molecular weight excluding hydrogens is 379 g/mol. The predicted octanol–water partition coefficient (Wildman–Crippen LogP) is 5.05. The summed E-state index contributed by atoms with van der Waals surface area (Å²) in [4.78, 5) is 17.0. The van der Waals surface area contributed by atoms with Crippen molar-refractivity contribution in [1.29, 1.82) is 0 Å². The number of esters is 1. The van der Waals surface area contributed by atoms with E-state index >= 15 is 0 Å². The standard InChI is InChI=1S/C25H27FN2O2/c1-3-28(13-12-19-16-27-23-15-20(26)7-9-21(19)23)24-10-6-18-14-17(4-8-22(18)24)5-11-25(29)30-2/h4-5,7-9,11,14-16,24,27H,3,6,10,12-13H2,1-2H3. The molecule has 0 fully saturated rings. The molecule has 3 aromatic rings. The highest BCUT2D eigenvalue weighted by molar-refractivity contribution is 5.87. The van der Waals surface area contributed by atoms with Crippen LogP contribution in [0.4, 0.5) is 4.39 Å². The van der Waals surface area contributed by atoms with Crippen molar-refractivity contribution in [2.24, 2.45) is 0 Å². The zero-order chi connectivity index (χ0) is 21.1. The van der Waals surface area contributed by atoms with Crippen molar-refractivity contribution in [3.05, 3.63) is 76.7 Å². The number of nitrogens with one attached hydrogen (secondary N) is 1. The van der Waals surface area contributed by atoms with Gasteiger partial charge in [-0.1, -0.05) is 25.1 Å². The topological polar surface area (TPSA) is 45.3 Å². The van der Waals surface area contributed by atoms with E-state index in [-0.39, 0.29) is 11.8 Å². The molecule has 1 aliphatic rings. The van der Waals surface area contributed by atoms with Crippen LogP contribution in [0.5, 0.6) is 0 Å². The molecule has 156 valence electrons. The smallest absolute Gasteiger partial charge is 0.330 e. The average molecular weight is 407 g/mol. The van der Waals surface area contributed by atoms with Crippen LogP contribution >= 0.6 is 0 Å².